The quantitative estimate of drug-likeness (QED) is 0.196. The van der Waals surface area contributed by atoms with Crippen LogP contribution in [0.25, 0.3) is 0 Å². The van der Waals surface area contributed by atoms with Gasteiger partial charge in [0.25, 0.3) is 0 Å². The molecule has 1 heterocycles. The minimum absolute atomic E-state index is 0. The van der Waals surface area contributed by atoms with E-state index in [0.717, 1.165) is 70.4 Å². The lowest BCUT2D eigenvalue weighted by Gasteiger charge is -2.22. The third-order valence-corrected chi connectivity index (χ3v) is 3.85. The van der Waals surface area contributed by atoms with Gasteiger partial charge in [-0.3, -0.25) is 4.99 Å². The molecule has 0 amide bonds. The number of nitrogens with one attached hydrogen (secondary N) is 2. The average molecular weight is 481 g/mol. The number of aliphatic imine (C=N–C) groups is 1. The van der Waals surface area contributed by atoms with Crippen LogP contribution in [0.1, 0.15) is 39.4 Å². The van der Waals surface area contributed by atoms with Gasteiger partial charge >= 0.3 is 0 Å². The first-order chi connectivity index (χ1) is 12.1. The van der Waals surface area contributed by atoms with E-state index in [4.69, 9.17) is 18.9 Å². The molecule has 0 aromatic carbocycles. The molecule has 1 rings (SSSR count). The number of guanidine groups is 1. The molecule has 0 fully saturated rings. The summed E-state index contributed by atoms with van der Waals surface area (Å²) in [6.45, 7) is 11.1. The Morgan fingerprint density at radius 2 is 2.00 bits per heavy atom. The van der Waals surface area contributed by atoms with Gasteiger partial charge in [-0.25, -0.2) is 0 Å². The molecule has 26 heavy (non-hydrogen) atoms. The Kier molecular flexibility index (Phi) is 14.8. The van der Waals surface area contributed by atoms with E-state index in [0.29, 0.717) is 0 Å². The topological polar surface area (TPSA) is 68.0 Å². The highest BCUT2D eigenvalue weighted by molar-refractivity contribution is 14.0. The molecular formula is C19H36IN3O3. The van der Waals surface area contributed by atoms with Crippen LogP contribution in [0.5, 0.6) is 0 Å². The molecule has 0 saturated carbocycles. The van der Waals surface area contributed by atoms with Gasteiger partial charge in [0.1, 0.15) is 5.76 Å². The van der Waals surface area contributed by atoms with Gasteiger partial charge in [0.2, 0.25) is 0 Å². The van der Waals surface area contributed by atoms with Crippen molar-refractivity contribution in [1.29, 1.82) is 0 Å². The van der Waals surface area contributed by atoms with E-state index in [1.165, 1.54) is 0 Å². The monoisotopic (exact) mass is 481 g/mol. The van der Waals surface area contributed by atoms with E-state index in [-0.39, 0.29) is 29.4 Å². The Morgan fingerprint density at radius 3 is 2.65 bits per heavy atom. The standard InChI is InChI=1S/C19H35N3O3.HI/c1-5-24-13-7-11-20-18(21-12-9-17-8-6-14-25-17)22-16-19(2,3)10-15-23-4;/h6,8,14H,5,7,9-13,15-16H2,1-4H3,(H2,20,21,22);1H. The molecule has 0 aliphatic rings. The van der Waals surface area contributed by atoms with Gasteiger partial charge in [-0.15, -0.1) is 24.0 Å². The number of rotatable bonds is 13. The molecule has 0 aliphatic heterocycles. The Labute approximate surface area is 175 Å². The minimum Gasteiger partial charge on any atom is -0.469 e. The van der Waals surface area contributed by atoms with Gasteiger partial charge in [0.05, 0.1) is 6.26 Å². The zero-order valence-electron chi connectivity index (χ0n) is 16.7. The lowest BCUT2D eigenvalue weighted by Crippen LogP contribution is -2.40. The second kappa shape index (κ2) is 15.3. The highest BCUT2D eigenvalue weighted by atomic mass is 127. The number of ether oxygens (including phenoxy) is 2. The fourth-order valence-electron chi connectivity index (χ4n) is 2.21. The number of furan rings is 1. The third-order valence-electron chi connectivity index (χ3n) is 3.85. The normalized spacial score (nSPS) is 11.9. The van der Waals surface area contributed by atoms with Crippen LogP contribution in [0, 0.1) is 5.41 Å². The maximum Gasteiger partial charge on any atom is 0.191 e. The predicted molar refractivity (Wildman–Crippen MR) is 118 cm³/mol. The maximum atomic E-state index is 5.38. The van der Waals surface area contributed by atoms with E-state index in [1.54, 1.807) is 13.4 Å². The smallest absolute Gasteiger partial charge is 0.191 e. The summed E-state index contributed by atoms with van der Waals surface area (Å²) in [6.07, 6.45) is 4.48. The number of halogens is 1. The summed E-state index contributed by atoms with van der Waals surface area (Å²) in [5, 5.41) is 6.77. The van der Waals surface area contributed by atoms with Crippen LogP contribution in [0.3, 0.4) is 0 Å². The first-order valence-corrected chi connectivity index (χ1v) is 9.18. The molecule has 0 radical (unpaired) electrons. The minimum atomic E-state index is 0. The molecule has 0 bridgehead atoms. The van der Waals surface area contributed by atoms with Crippen molar-refractivity contribution in [2.75, 3.05) is 46.6 Å². The van der Waals surface area contributed by atoms with Crippen LogP contribution in [0.4, 0.5) is 0 Å². The third kappa shape index (κ3) is 12.5. The summed E-state index contributed by atoms with van der Waals surface area (Å²) in [7, 11) is 1.74. The number of methoxy groups -OCH3 is 1. The highest BCUT2D eigenvalue weighted by Gasteiger charge is 2.17. The zero-order valence-corrected chi connectivity index (χ0v) is 19.0. The molecule has 1 aromatic rings. The van der Waals surface area contributed by atoms with Crippen LogP contribution in [0.2, 0.25) is 0 Å². The molecule has 7 heteroatoms. The molecule has 2 N–H and O–H groups in total. The number of hydrogen-bond donors (Lipinski definition) is 2. The lowest BCUT2D eigenvalue weighted by molar-refractivity contribution is 0.145. The fourth-order valence-corrected chi connectivity index (χ4v) is 2.21. The van der Waals surface area contributed by atoms with E-state index >= 15 is 0 Å². The summed E-state index contributed by atoms with van der Waals surface area (Å²) >= 11 is 0. The Balaban J connectivity index is 0.00000625. The molecule has 0 spiro atoms. The van der Waals surface area contributed by atoms with E-state index in [1.807, 2.05) is 19.1 Å². The molecule has 152 valence electrons. The Bertz CT molecular complexity index is 465. The summed E-state index contributed by atoms with van der Waals surface area (Å²) in [6, 6.07) is 3.90. The largest absolute Gasteiger partial charge is 0.469 e. The lowest BCUT2D eigenvalue weighted by atomic mass is 9.90. The maximum absolute atomic E-state index is 5.38. The SMILES string of the molecule is CCOCCCNC(=NCC(C)(C)CCOC)NCCc1ccco1.I. The van der Waals surface area contributed by atoms with Gasteiger partial charge in [0, 0.05) is 53.0 Å². The van der Waals surface area contributed by atoms with Crippen molar-refractivity contribution >= 4 is 29.9 Å². The molecule has 6 nitrogen and oxygen atoms in total. The van der Waals surface area contributed by atoms with Crippen LogP contribution >= 0.6 is 24.0 Å². The van der Waals surface area contributed by atoms with Gasteiger partial charge < -0.3 is 24.5 Å². The summed E-state index contributed by atoms with van der Waals surface area (Å²) < 4.78 is 15.9. The molecule has 0 unspecified atom stereocenters. The number of hydrogen-bond acceptors (Lipinski definition) is 4. The highest BCUT2D eigenvalue weighted by Crippen LogP contribution is 2.20. The van der Waals surface area contributed by atoms with Crippen molar-refractivity contribution in [2.45, 2.75) is 40.0 Å². The fraction of sp³-hybridized carbons (Fsp3) is 0.737. The van der Waals surface area contributed by atoms with Crippen LogP contribution in [-0.4, -0.2) is 52.5 Å². The van der Waals surface area contributed by atoms with Crippen molar-refractivity contribution in [2.24, 2.45) is 10.4 Å². The first-order valence-electron chi connectivity index (χ1n) is 9.18. The van der Waals surface area contributed by atoms with Crippen molar-refractivity contribution in [3.05, 3.63) is 24.2 Å². The molecule has 0 aliphatic carbocycles. The van der Waals surface area contributed by atoms with Gasteiger partial charge in [-0.2, -0.15) is 0 Å². The van der Waals surface area contributed by atoms with Crippen molar-refractivity contribution in [3.8, 4) is 0 Å². The van der Waals surface area contributed by atoms with Gasteiger partial charge in [-0.1, -0.05) is 13.8 Å². The van der Waals surface area contributed by atoms with Gasteiger partial charge in [-0.05, 0) is 37.3 Å². The van der Waals surface area contributed by atoms with E-state index in [2.05, 4.69) is 24.5 Å². The summed E-state index contributed by atoms with van der Waals surface area (Å²) in [5.74, 6) is 1.82. The van der Waals surface area contributed by atoms with E-state index in [9.17, 15) is 0 Å². The predicted octanol–water partition coefficient (Wildman–Crippen LogP) is 3.46. The summed E-state index contributed by atoms with van der Waals surface area (Å²) in [4.78, 5) is 4.75. The molecule has 1 aromatic heterocycles. The van der Waals surface area contributed by atoms with Crippen LogP contribution < -0.4 is 10.6 Å². The second-order valence-electron chi connectivity index (χ2n) is 6.81. The van der Waals surface area contributed by atoms with Crippen LogP contribution in [0.15, 0.2) is 27.8 Å². The second-order valence-corrected chi connectivity index (χ2v) is 6.81. The molecular weight excluding hydrogens is 445 g/mol. The molecule has 0 saturated heterocycles. The van der Waals surface area contributed by atoms with Crippen molar-refractivity contribution in [1.82, 2.24) is 10.6 Å². The average Bonchev–Trinajstić information content (AvgIpc) is 3.10. The zero-order chi connectivity index (χ0) is 18.4. The van der Waals surface area contributed by atoms with Crippen molar-refractivity contribution in [3.63, 3.8) is 0 Å². The Hall–Kier alpha value is -0.800. The Morgan fingerprint density at radius 1 is 1.23 bits per heavy atom. The van der Waals surface area contributed by atoms with E-state index < -0.39 is 0 Å². The first kappa shape index (κ1) is 25.2. The molecule has 0 atom stereocenters. The van der Waals surface area contributed by atoms with Crippen molar-refractivity contribution < 1.29 is 13.9 Å². The number of nitrogens with zero attached hydrogens (tertiary/aromatic N) is 1. The van der Waals surface area contributed by atoms with Gasteiger partial charge in [0.15, 0.2) is 5.96 Å². The summed E-state index contributed by atoms with van der Waals surface area (Å²) in [5.41, 5.74) is 0.108. The van der Waals surface area contributed by atoms with Crippen LogP contribution in [-0.2, 0) is 15.9 Å².